The average Bonchev–Trinajstić information content (AvgIpc) is 2.93. The highest BCUT2D eigenvalue weighted by Gasteiger charge is 2.34. The van der Waals surface area contributed by atoms with Crippen LogP contribution in [0, 0.1) is 5.92 Å². The molecule has 0 aliphatic heterocycles. The van der Waals surface area contributed by atoms with Crippen LogP contribution in [0.25, 0.3) is 0 Å². The van der Waals surface area contributed by atoms with Gasteiger partial charge in [-0.1, -0.05) is 12.2 Å². The van der Waals surface area contributed by atoms with Gasteiger partial charge in [0.1, 0.15) is 17.1 Å². The first-order chi connectivity index (χ1) is 10.3. The number of carbonyl (C=O) groups excluding carboxylic acids is 1. The van der Waals surface area contributed by atoms with Gasteiger partial charge in [0.2, 0.25) is 0 Å². The Morgan fingerprint density at radius 2 is 2.18 bits per heavy atom. The zero-order chi connectivity index (χ0) is 16.3. The predicted molar refractivity (Wildman–Crippen MR) is 72.3 cm³/mol. The van der Waals surface area contributed by atoms with Crippen LogP contribution in [0.2, 0.25) is 0 Å². The number of rotatable bonds is 4. The molecule has 8 heteroatoms. The van der Waals surface area contributed by atoms with Crippen molar-refractivity contribution < 1.29 is 27.8 Å². The van der Waals surface area contributed by atoms with Crippen molar-refractivity contribution in [3.05, 3.63) is 35.5 Å². The topological polar surface area (TPSA) is 71.5 Å². The number of pyridine rings is 1. The largest absolute Gasteiger partial charge is 0.465 e. The molecule has 0 radical (unpaired) electrons. The highest BCUT2D eigenvalue weighted by molar-refractivity contribution is 5.94. The molecule has 1 aliphatic rings. The molecular weight excluding hydrogens is 301 g/mol. The lowest BCUT2D eigenvalue weighted by Gasteiger charge is -2.17. The van der Waals surface area contributed by atoms with Crippen molar-refractivity contribution in [3.63, 3.8) is 0 Å². The minimum absolute atomic E-state index is 0.0471. The normalized spacial score (nSPS) is 21.0. The van der Waals surface area contributed by atoms with Crippen molar-refractivity contribution in [2.24, 2.45) is 5.92 Å². The number of alkyl halides is 3. The highest BCUT2D eigenvalue weighted by atomic mass is 19.4. The molecule has 1 aliphatic carbocycles. The molecule has 1 aromatic rings. The fraction of sp³-hybridized carbons (Fsp3) is 0.429. The van der Waals surface area contributed by atoms with Crippen molar-refractivity contribution >= 4 is 11.8 Å². The molecule has 2 N–H and O–H groups in total. The standard InChI is InChI=1S/C14H15F3N2O3/c1-22-13(21)10-4-5-11(14(15,16)17)19-12(10)18-9-3-2-8(6-9)7-20/h2-5,8-9,20H,6-7H2,1H3,(H,18,19)/t8-,9+/m0/s1. The number of esters is 1. The van der Waals surface area contributed by atoms with Crippen molar-refractivity contribution in [3.8, 4) is 0 Å². The molecule has 1 aromatic heterocycles. The van der Waals surface area contributed by atoms with E-state index >= 15 is 0 Å². The van der Waals surface area contributed by atoms with Crippen LogP contribution in [0.15, 0.2) is 24.3 Å². The van der Waals surface area contributed by atoms with Crippen molar-refractivity contribution in [2.75, 3.05) is 19.0 Å². The number of ether oxygens (including phenoxy) is 1. The SMILES string of the molecule is COC(=O)c1ccc(C(F)(F)F)nc1N[C@@H]1C=C[C@H](CO)C1. The summed E-state index contributed by atoms with van der Waals surface area (Å²) >= 11 is 0. The number of carbonyl (C=O) groups is 1. The molecule has 0 unspecified atom stereocenters. The Labute approximate surface area is 124 Å². The number of aliphatic hydroxyl groups is 1. The summed E-state index contributed by atoms with van der Waals surface area (Å²) in [6.07, 6.45) is -0.605. The predicted octanol–water partition coefficient (Wildman–Crippen LogP) is 2.24. The Morgan fingerprint density at radius 3 is 2.73 bits per heavy atom. The highest BCUT2D eigenvalue weighted by Crippen LogP contribution is 2.30. The van der Waals surface area contributed by atoms with Crippen LogP contribution in [-0.2, 0) is 10.9 Å². The summed E-state index contributed by atoms with van der Waals surface area (Å²) < 4.78 is 42.8. The summed E-state index contributed by atoms with van der Waals surface area (Å²) in [5, 5.41) is 11.9. The number of halogens is 3. The summed E-state index contributed by atoms with van der Waals surface area (Å²) in [5.41, 5.74) is -1.17. The summed E-state index contributed by atoms with van der Waals surface area (Å²) in [6, 6.07) is 1.46. The van der Waals surface area contributed by atoms with E-state index in [0.717, 1.165) is 19.2 Å². The molecule has 0 amide bonds. The molecule has 0 fully saturated rings. The molecule has 2 atom stereocenters. The second kappa shape index (κ2) is 6.35. The maximum Gasteiger partial charge on any atom is 0.433 e. The van der Waals surface area contributed by atoms with E-state index in [-0.39, 0.29) is 29.9 Å². The van der Waals surface area contributed by atoms with Crippen LogP contribution in [0.1, 0.15) is 22.5 Å². The lowest BCUT2D eigenvalue weighted by atomic mass is 10.1. The van der Waals surface area contributed by atoms with Crippen molar-refractivity contribution in [1.82, 2.24) is 4.98 Å². The van der Waals surface area contributed by atoms with E-state index in [0.29, 0.717) is 6.42 Å². The molecule has 0 spiro atoms. The van der Waals surface area contributed by atoms with Gasteiger partial charge in [0.05, 0.1) is 7.11 Å². The van der Waals surface area contributed by atoms with Gasteiger partial charge in [-0.2, -0.15) is 13.2 Å². The molecule has 22 heavy (non-hydrogen) atoms. The number of methoxy groups -OCH3 is 1. The second-order valence-electron chi connectivity index (χ2n) is 4.90. The molecule has 0 saturated heterocycles. The number of hydrogen-bond acceptors (Lipinski definition) is 5. The number of anilines is 1. The molecule has 0 bridgehead atoms. The van der Waals surface area contributed by atoms with Gasteiger partial charge in [-0.25, -0.2) is 9.78 Å². The first-order valence-corrected chi connectivity index (χ1v) is 6.57. The first kappa shape index (κ1) is 16.3. The van der Waals surface area contributed by atoms with Crippen LogP contribution in [-0.4, -0.2) is 35.8 Å². The molecular formula is C14H15F3N2O3. The minimum atomic E-state index is -4.61. The van der Waals surface area contributed by atoms with E-state index in [1.807, 2.05) is 0 Å². The fourth-order valence-electron chi connectivity index (χ4n) is 2.19. The lowest BCUT2D eigenvalue weighted by Crippen LogP contribution is -2.21. The van der Waals surface area contributed by atoms with Gasteiger partial charge in [0, 0.05) is 18.6 Å². The molecule has 1 heterocycles. The monoisotopic (exact) mass is 316 g/mol. The zero-order valence-electron chi connectivity index (χ0n) is 11.7. The third kappa shape index (κ3) is 3.56. The molecule has 5 nitrogen and oxygen atoms in total. The van der Waals surface area contributed by atoms with Crippen molar-refractivity contribution in [1.29, 1.82) is 0 Å². The van der Waals surface area contributed by atoms with Gasteiger partial charge in [0.15, 0.2) is 0 Å². The summed E-state index contributed by atoms with van der Waals surface area (Å²) in [4.78, 5) is 15.1. The van der Waals surface area contributed by atoms with E-state index in [2.05, 4.69) is 15.0 Å². The van der Waals surface area contributed by atoms with E-state index in [4.69, 9.17) is 5.11 Å². The summed E-state index contributed by atoms with van der Waals surface area (Å²) in [6.45, 7) is -0.0471. The quantitative estimate of drug-likeness (QED) is 0.658. The van der Waals surface area contributed by atoms with E-state index in [1.165, 1.54) is 0 Å². The molecule has 0 saturated carbocycles. The lowest BCUT2D eigenvalue weighted by molar-refractivity contribution is -0.141. The Balaban J connectivity index is 2.30. The van der Waals surface area contributed by atoms with Gasteiger partial charge < -0.3 is 15.2 Å². The van der Waals surface area contributed by atoms with Crippen molar-refractivity contribution in [2.45, 2.75) is 18.6 Å². The number of hydrogen-bond donors (Lipinski definition) is 2. The van der Waals surface area contributed by atoms with Crippen LogP contribution in [0.5, 0.6) is 0 Å². The van der Waals surface area contributed by atoms with Gasteiger partial charge >= 0.3 is 12.1 Å². The second-order valence-corrected chi connectivity index (χ2v) is 4.90. The smallest absolute Gasteiger partial charge is 0.433 e. The molecule has 0 aromatic carbocycles. The third-order valence-electron chi connectivity index (χ3n) is 3.32. The van der Waals surface area contributed by atoms with E-state index in [1.54, 1.807) is 12.2 Å². The van der Waals surface area contributed by atoms with Crippen LogP contribution < -0.4 is 5.32 Å². The Morgan fingerprint density at radius 1 is 1.45 bits per heavy atom. The Bertz CT molecular complexity index is 587. The van der Waals surface area contributed by atoms with Gasteiger partial charge in [0.25, 0.3) is 0 Å². The fourth-order valence-corrected chi connectivity index (χ4v) is 2.19. The Hall–Kier alpha value is -2.09. The molecule has 2 rings (SSSR count). The van der Waals surface area contributed by atoms with Gasteiger partial charge in [-0.3, -0.25) is 0 Å². The maximum absolute atomic E-state index is 12.8. The average molecular weight is 316 g/mol. The van der Waals surface area contributed by atoms with E-state index < -0.39 is 17.8 Å². The van der Waals surface area contributed by atoms with Gasteiger partial charge in [-0.15, -0.1) is 0 Å². The number of nitrogens with one attached hydrogen (secondary N) is 1. The van der Waals surface area contributed by atoms with Gasteiger partial charge in [-0.05, 0) is 18.6 Å². The van der Waals surface area contributed by atoms with Crippen LogP contribution in [0.3, 0.4) is 0 Å². The number of aromatic nitrogens is 1. The maximum atomic E-state index is 12.8. The first-order valence-electron chi connectivity index (χ1n) is 6.57. The van der Waals surface area contributed by atoms with Crippen LogP contribution in [0.4, 0.5) is 19.0 Å². The number of aliphatic hydroxyl groups excluding tert-OH is 1. The molecule has 120 valence electrons. The Kier molecular flexibility index (Phi) is 4.70. The summed E-state index contributed by atoms with van der Waals surface area (Å²) in [7, 11) is 1.14. The third-order valence-corrected chi connectivity index (χ3v) is 3.32. The van der Waals surface area contributed by atoms with Crippen LogP contribution >= 0.6 is 0 Å². The van der Waals surface area contributed by atoms with E-state index in [9.17, 15) is 18.0 Å². The minimum Gasteiger partial charge on any atom is -0.465 e. The zero-order valence-corrected chi connectivity index (χ0v) is 11.7. The summed E-state index contributed by atoms with van der Waals surface area (Å²) in [5.74, 6) is -1.02. The number of nitrogens with zero attached hydrogens (tertiary/aromatic N) is 1.